The van der Waals surface area contributed by atoms with Crippen LogP contribution >= 0.6 is 23.4 Å². The summed E-state index contributed by atoms with van der Waals surface area (Å²) in [6.45, 7) is 0. The Bertz CT molecular complexity index is 1180. The number of anilines is 1. The van der Waals surface area contributed by atoms with E-state index >= 15 is 0 Å². The Kier molecular flexibility index (Phi) is 7.44. The van der Waals surface area contributed by atoms with Crippen LogP contribution in [-0.2, 0) is 4.79 Å². The van der Waals surface area contributed by atoms with E-state index in [-0.39, 0.29) is 24.2 Å². The molecule has 0 atom stereocenters. The summed E-state index contributed by atoms with van der Waals surface area (Å²) in [4.78, 5) is 24.1. The van der Waals surface area contributed by atoms with E-state index < -0.39 is 5.97 Å². The lowest BCUT2D eigenvalue weighted by Crippen LogP contribution is -2.21. The Labute approximate surface area is 207 Å². The molecule has 176 valence electrons. The highest BCUT2D eigenvalue weighted by atomic mass is 35.5. The fraction of sp³-hybridized carbons (Fsp3) is 0.269. The lowest BCUT2D eigenvalue weighted by atomic mass is 9.76. The molecule has 0 aromatic heterocycles. The van der Waals surface area contributed by atoms with Gasteiger partial charge in [0.15, 0.2) is 0 Å². The fourth-order valence-corrected chi connectivity index (χ4v) is 5.72. The number of amides is 1. The van der Waals surface area contributed by atoms with Gasteiger partial charge < -0.3 is 16.2 Å². The standard InChI is InChI=1S/C26H26ClN3O3S/c27-19-3-1-2-18(13-19)26(33)30-20-10-8-17(9-11-20)23(28)25-24(29)21(14-34-25)16-6-4-15(5-7-16)12-22(31)32/h1-3,8-11,13-16,29H,4-7,12,28H2,(H,30,33)(H,31,32)/b25-23+,29-24?. The summed E-state index contributed by atoms with van der Waals surface area (Å²) in [6.07, 6.45) is 3.79. The average molecular weight is 496 g/mol. The summed E-state index contributed by atoms with van der Waals surface area (Å²) in [5, 5.41) is 23.1. The number of rotatable bonds is 6. The third-order valence-corrected chi connectivity index (χ3v) is 7.62. The number of carbonyl (C=O) groups excluding carboxylic acids is 1. The second kappa shape index (κ2) is 10.5. The number of halogens is 1. The molecule has 2 aromatic rings. The summed E-state index contributed by atoms with van der Waals surface area (Å²) in [7, 11) is 0. The van der Waals surface area contributed by atoms with Gasteiger partial charge in [-0.2, -0.15) is 0 Å². The molecule has 6 nitrogen and oxygen atoms in total. The Morgan fingerprint density at radius 1 is 1.09 bits per heavy atom. The van der Waals surface area contributed by atoms with Crippen molar-refractivity contribution >= 4 is 52.3 Å². The maximum atomic E-state index is 12.4. The van der Waals surface area contributed by atoms with Crippen LogP contribution in [0, 0.1) is 17.2 Å². The van der Waals surface area contributed by atoms with Crippen LogP contribution in [0.15, 0.2) is 64.4 Å². The van der Waals surface area contributed by atoms with E-state index in [0.717, 1.165) is 41.7 Å². The third-order valence-electron chi connectivity index (χ3n) is 6.35. The van der Waals surface area contributed by atoms with Gasteiger partial charge in [-0.15, -0.1) is 0 Å². The first-order valence-electron chi connectivity index (χ1n) is 11.2. The number of nitrogens with two attached hydrogens (primary N) is 1. The quantitative estimate of drug-likeness (QED) is 0.383. The largest absolute Gasteiger partial charge is 0.481 e. The molecule has 1 fully saturated rings. The maximum Gasteiger partial charge on any atom is 0.303 e. The van der Waals surface area contributed by atoms with Crippen molar-refractivity contribution in [3.63, 3.8) is 0 Å². The van der Waals surface area contributed by atoms with Gasteiger partial charge in [-0.1, -0.05) is 41.6 Å². The fourth-order valence-electron chi connectivity index (χ4n) is 4.49. The zero-order valence-electron chi connectivity index (χ0n) is 18.5. The van der Waals surface area contributed by atoms with E-state index in [1.54, 1.807) is 36.4 Å². The van der Waals surface area contributed by atoms with Crippen molar-refractivity contribution in [2.24, 2.45) is 17.6 Å². The summed E-state index contributed by atoms with van der Waals surface area (Å²) in [5.74, 6) is -0.475. The molecule has 2 aliphatic rings. The molecule has 0 saturated heterocycles. The van der Waals surface area contributed by atoms with Gasteiger partial charge in [0, 0.05) is 22.7 Å². The molecule has 1 heterocycles. The predicted octanol–water partition coefficient (Wildman–Crippen LogP) is 6.15. The van der Waals surface area contributed by atoms with E-state index in [9.17, 15) is 9.59 Å². The molecule has 1 aliphatic heterocycles. The summed E-state index contributed by atoms with van der Waals surface area (Å²) in [6, 6.07) is 14.0. The monoisotopic (exact) mass is 495 g/mol. The van der Waals surface area contributed by atoms with Crippen LogP contribution < -0.4 is 11.1 Å². The number of benzene rings is 2. The number of aliphatic carboxylic acids is 1. The lowest BCUT2D eigenvalue weighted by molar-refractivity contribution is -0.138. The first-order valence-corrected chi connectivity index (χ1v) is 12.4. The van der Waals surface area contributed by atoms with Crippen LogP contribution in [0.1, 0.15) is 48.0 Å². The van der Waals surface area contributed by atoms with E-state index in [4.69, 9.17) is 27.9 Å². The lowest BCUT2D eigenvalue weighted by Gasteiger charge is -2.28. The summed E-state index contributed by atoms with van der Waals surface area (Å²) in [5.41, 5.74) is 10.3. The number of thioether (sulfide) groups is 1. The molecule has 0 spiro atoms. The van der Waals surface area contributed by atoms with Gasteiger partial charge in [0.1, 0.15) is 0 Å². The highest BCUT2D eigenvalue weighted by Gasteiger charge is 2.31. The molecule has 1 amide bonds. The second-order valence-electron chi connectivity index (χ2n) is 8.67. The number of carbonyl (C=O) groups is 2. The molecule has 4 rings (SSSR count). The van der Waals surface area contributed by atoms with Gasteiger partial charge in [-0.05, 0) is 84.4 Å². The number of allylic oxidation sites excluding steroid dienone is 2. The first kappa shape index (κ1) is 24.1. The molecule has 0 bridgehead atoms. The van der Waals surface area contributed by atoms with Crippen LogP contribution in [0.2, 0.25) is 5.02 Å². The summed E-state index contributed by atoms with van der Waals surface area (Å²) < 4.78 is 0. The molecule has 8 heteroatoms. The third kappa shape index (κ3) is 5.54. The van der Waals surface area contributed by atoms with Crippen molar-refractivity contribution in [2.75, 3.05) is 5.32 Å². The number of nitrogens with one attached hydrogen (secondary N) is 2. The Balaban J connectivity index is 1.40. The molecule has 0 radical (unpaired) electrons. The number of hydrogen-bond acceptors (Lipinski definition) is 5. The number of carboxylic acid groups (broad SMARTS) is 1. The van der Waals surface area contributed by atoms with Gasteiger partial charge in [0.2, 0.25) is 0 Å². The average Bonchev–Trinajstić information content (AvgIpc) is 3.20. The Morgan fingerprint density at radius 2 is 1.79 bits per heavy atom. The van der Waals surface area contributed by atoms with Crippen LogP contribution in [0.3, 0.4) is 0 Å². The van der Waals surface area contributed by atoms with Crippen molar-refractivity contribution in [1.29, 1.82) is 5.41 Å². The predicted molar refractivity (Wildman–Crippen MR) is 138 cm³/mol. The van der Waals surface area contributed by atoms with Crippen molar-refractivity contribution < 1.29 is 14.7 Å². The molecule has 1 saturated carbocycles. The minimum absolute atomic E-state index is 0.228. The van der Waals surface area contributed by atoms with Crippen LogP contribution in [-0.4, -0.2) is 22.7 Å². The van der Waals surface area contributed by atoms with Gasteiger partial charge >= 0.3 is 5.97 Å². The molecule has 0 unspecified atom stereocenters. The number of carboxylic acids is 1. The van der Waals surface area contributed by atoms with Crippen molar-refractivity contribution in [2.45, 2.75) is 32.1 Å². The molecular formula is C26H26ClN3O3S. The normalized spacial score (nSPS) is 21.7. The van der Waals surface area contributed by atoms with Gasteiger partial charge in [-0.3, -0.25) is 15.0 Å². The first-order chi connectivity index (χ1) is 16.3. The van der Waals surface area contributed by atoms with E-state index in [2.05, 4.69) is 5.32 Å². The van der Waals surface area contributed by atoms with E-state index in [1.807, 2.05) is 17.5 Å². The SMILES string of the molecule is N=C1C(C2CCC(CC(=O)O)CC2)=CS/C1=C(/N)c1ccc(NC(=O)c2cccc(Cl)c2)cc1. The van der Waals surface area contributed by atoms with Crippen LogP contribution in [0.5, 0.6) is 0 Å². The molecular weight excluding hydrogens is 470 g/mol. The smallest absolute Gasteiger partial charge is 0.303 e. The molecule has 1 aliphatic carbocycles. The second-order valence-corrected chi connectivity index (χ2v) is 9.98. The zero-order chi connectivity index (χ0) is 24.2. The van der Waals surface area contributed by atoms with Crippen molar-refractivity contribution in [1.82, 2.24) is 0 Å². The highest BCUT2D eigenvalue weighted by molar-refractivity contribution is 8.07. The summed E-state index contributed by atoms with van der Waals surface area (Å²) >= 11 is 7.43. The Hall–Kier alpha value is -3.03. The Morgan fingerprint density at radius 3 is 2.44 bits per heavy atom. The van der Waals surface area contributed by atoms with Crippen LogP contribution in [0.4, 0.5) is 5.69 Å². The van der Waals surface area contributed by atoms with Crippen molar-refractivity contribution in [3.05, 3.63) is 80.6 Å². The van der Waals surface area contributed by atoms with Gasteiger partial charge in [0.25, 0.3) is 5.91 Å². The van der Waals surface area contributed by atoms with Crippen molar-refractivity contribution in [3.8, 4) is 0 Å². The van der Waals surface area contributed by atoms with Crippen LogP contribution in [0.25, 0.3) is 5.70 Å². The maximum absolute atomic E-state index is 12.4. The minimum atomic E-state index is -0.736. The van der Waals surface area contributed by atoms with E-state index in [1.165, 1.54) is 11.8 Å². The topological polar surface area (TPSA) is 116 Å². The zero-order valence-corrected chi connectivity index (χ0v) is 20.1. The van der Waals surface area contributed by atoms with Gasteiger partial charge in [-0.25, -0.2) is 0 Å². The van der Waals surface area contributed by atoms with E-state index in [0.29, 0.717) is 27.7 Å². The molecule has 2 aromatic carbocycles. The molecule has 34 heavy (non-hydrogen) atoms. The minimum Gasteiger partial charge on any atom is -0.481 e. The highest BCUT2D eigenvalue weighted by Crippen LogP contribution is 2.43. The number of hydrogen-bond donors (Lipinski definition) is 4. The van der Waals surface area contributed by atoms with Gasteiger partial charge in [0.05, 0.1) is 16.3 Å². The molecule has 5 N–H and O–H groups in total.